The van der Waals surface area contributed by atoms with Crippen molar-refractivity contribution in [3.05, 3.63) is 70.8 Å². The molecule has 2 aliphatic carbocycles. The van der Waals surface area contributed by atoms with E-state index < -0.39 is 48.3 Å². The molecule has 0 amide bonds. The van der Waals surface area contributed by atoms with Gasteiger partial charge in [-0.25, -0.2) is 9.59 Å². The first-order valence-electron chi connectivity index (χ1n) is 13.9. The summed E-state index contributed by atoms with van der Waals surface area (Å²) in [6.45, 7) is 1.33. The Hall–Kier alpha value is -0.880. The van der Waals surface area contributed by atoms with Crippen LogP contribution in [-0.2, 0) is 32.0 Å². The van der Waals surface area contributed by atoms with Crippen molar-refractivity contribution in [2.75, 3.05) is 13.1 Å². The van der Waals surface area contributed by atoms with Crippen LogP contribution >= 0.6 is 0 Å². The van der Waals surface area contributed by atoms with E-state index in [9.17, 15) is 29.4 Å². The van der Waals surface area contributed by atoms with Gasteiger partial charge in [-0.15, -0.1) is 12.8 Å². The number of fused-ring (bicyclic) bond motifs is 2. The van der Waals surface area contributed by atoms with Crippen molar-refractivity contribution in [2.24, 2.45) is 0 Å². The van der Waals surface area contributed by atoms with Gasteiger partial charge in [0.25, 0.3) is 0 Å². The summed E-state index contributed by atoms with van der Waals surface area (Å²) in [5.74, 6) is -2.43. The van der Waals surface area contributed by atoms with Crippen molar-refractivity contribution in [3.63, 3.8) is 0 Å². The summed E-state index contributed by atoms with van der Waals surface area (Å²) in [7, 11) is 0. The summed E-state index contributed by atoms with van der Waals surface area (Å²) in [6.07, 6.45) is 5.74. The van der Waals surface area contributed by atoms with E-state index in [-0.39, 0.29) is 138 Å². The molecule has 4 rings (SSSR count). The second-order valence-electron chi connectivity index (χ2n) is 9.84. The first-order chi connectivity index (χ1) is 21.8. The number of aliphatic hydroxyl groups is 4. The van der Waals surface area contributed by atoms with Crippen LogP contribution in [0.1, 0.15) is 56.0 Å². The fourth-order valence-electron chi connectivity index (χ4n) is 4.43. The Labute approximate surface area is 398 Å². The topological polar surface area (TPSA) is 321 Å². The van der Waals surface area contributed by atoms with Crippen LogP contribution in [0.3, 0.4) is 0 Å². The Morgan fingerprint density at radius 1 is 0.679 bits per heavy atom. The van der Waals surface area contributed by atoms with Crippen LogP contribution in [0, 0.1) is 24.7 Å². The van der Waals surface area contributed by atoms with Gasteiger partial charge in [-0.05, 0) is 47.9 Å². The minimum Gasteiger partial charge on any atom is -1.00 e. The van der Waals surface area contributed by atoms with Gasteiger partial charge >= 0.3 is 130 Å². The molecule has 0 fully saturated rings. The number of carbonyl (C=O) groups is 4. The molecule has 53 heavy (non-hydrogen) atoms. The van der Waals surface area contributed by atoms with Crippen LogP contribution in [0.5, 0.6) is 0 Å². The molecule has 0 saturated heterocycles. The van der Waals surface area contributed by atoms with Gasteiger partial charge in [0.2, 0.25) is 0 Å². The number of aliphatic hydroxyl groups excluding tert-OH is 4. The quantitative estimate of drug-likeness (QED) is 0.0819. The molecule has 2 aromatic carbocycles. The Morgan fingerprint density at radius 3 is 1.21 bits per heavy atom. The maximum atomic E-state index is 9.77. The van der Waals surface area contributed by atoms with Gasteiger partial charge in [-0.2, -0.15) is 0 Å². The number of rotatable bonds is 10. The predicted octanol–water partition coefficient (Wildman–Crippen LogP) is -15.4. The Morgan fingerprint density at radius 2 is 0.962 bits per heavy atom. The maximum absolute atomic E-state index is 9.77. The number of aliphatic carboxylic acids is 4. The van der Waals surface area contributed by atoms with Gasteiger partial charge in [0.05, 0.1) is 25.0 Å². The first kappa shape index (κ1) is 66.9. The third-order valence-corrected chi connectivity index (χ3v) is 6.75. The normalized spacial score (nSPS) is 15.5. The van der Waals surface area contributed by atoms with E-state index in [4.69, 9.17) is 43.5 Å². The third kappa shape index (κ3) is 24.4. The fourth-order valence-corrected chi connectivity index (χ4v) is 4.43. The van der Waals surface area contributed by atoms with Crippen LogP contribution in [0.15, 0.2) is 48.5 Å². The van der Waals surface area contributed by atoms with Crippen molar-refractivity contribution in [1.29, 1.82) is 0 Å². The molecule has 0 radical (unpaired) electrons. The smallest absolute Gasteiger partial charge is 1.00 e. The number of hydrogen-bond donors (Lipinski definition) is 8. The van der Waals surface area contributed by atoms with E-state index >= 15 is 0 Å². The summed E-state index contributed by atoms with van der Waals surface area (Å²) < 4.78 is 0. The molecule has 0 spiro atoms. The van der Waals surface area contributed by atoms with E-state index in [1.54, 1.807) is 0 Å². The molecular formula is C33H44N2Na4O14. The molecule has 0 bridgehead atoms. The number of carboxylic acid groups (broad SMARTS) is 4. The number of terminal acetylenes is 2. The SMILES string of the molecule is C.C#CCN[C@@H]1CCc2ccccc21.C#CCN[C@@H]1CCc2ccccc21.O.O=C(O)[C@H](O)[C@@H](O)C(=O)O.O=C([O-])[C@H](O)[C@@H](O)C(=O)[O-].[H-].[Na+].[Na+].[Na+].[Na+].[OH-]. The van der Waals surface area contributed by atoms with Crippen molar-refractivity contribution in [3.8, 4) is 24.7 Å². The number of aryl methyl sites for hydroxylation is 2. The van der Waals surface area contributed by atoms with Gasteiger partial charge in [-0.1, -0.05) is 67.8 Å². The monoisotopic (exact) mass is 784 g/mol. The van der Waals surface area contributed by atoms with E-state index in [1.807, 2.05) is 0 Å². The summed E-state index contributed by atoms with van der Waals surface area (Å²) >= 11 is 0. The molecule has 6 atom stereocenters. The predicted molar refractivity (Wildman–Crippen MR) is 171 cm³/mol. The second-order valence-corrected chi connectivity index (χ2v) is 9.84. The minimum atomic E-state index is -2.44. The largest absolute Gasteiger partial charge is 1.00 e. The molecule has 11 N–H and O–H groups in total. The molecule has 16 nitrogen and oxygen atoms in total. The third-order valence-electron chi connectivity index (χ3n) is 6.75. The van der Waals surface area contributed by atoms with E-state index in [2.05, 4.69) is 71.0 Å². The zero-order valence-electron chi connectivity index (χ0n) is 30.6. The molecule has 0 aliphatic heterocycles. The molecule has 2 aliphatic rings. The van der Waals surface area contributed by atoms with Gasteiger partial charge in [-0.3, -0.25) is 10.6 Å². The van der Waals surface area contributed by atoms with Gasteiger partial charge < -0.3 is 62.8 Å². The average Bonchev–Trinajstić information content (AvgIpc) is 3.66. The number of nitrogens with one attached hydrogen (secondary N) is 2. The molecular weight excluding hydrogens is 740 g/mol. The van der Waals surface area contributed by atoms with E-state index in [0.717, 1.165) is 0 Å². The fraction of sp³-hybridized carbons (Fsp3) is 0.394. The van der Waals surface area contributed by atoms with Crippen LogP contribution in [0.4, 0.5) is 0 Å². The van der Waals surface area contributed by atoms with Crippen molar-refractivity contribution in [1.82, 2.24) is 10.6 Å². The summed E-state index contributed by atoms with van der Waals surface area (Å²) in [5.41, 5.74) is 5.80. The second kappa shape index (κ2) is 36.7. The van der Waals surface area contributed by atoms with Crippen LogP contribution in [-0.4, -0.2) is 103 Å². The maximum Gasteiger partial charge on any atom is 1.00 e. The molecule has 274 valence electrons. The summed E-state index contributed by atoms with van der Waals surface area (Å²) in [6, 6.07) is 18.1. The standard InChI is InChI=1S/2C12H13N.2C4H6O6.CH4.4Na.2H2O.H/c2*1-2-9-13-12-8-7-10-5-3-4-6-11(10)12;2*5-1(3(7)8)2(6)4(9)10;;;;;;;;/h2*1,3-6,12-13H,7-9H2;2*1-2,5-6H,(H,7,8)(H,9,10);1H4;;;;;2*1H2;/q;;;;;4*+1;;;-1/p-3/t2*12-;2*1-,2-;;;;;;;;/m1111......../s1. The van der Waals surface area contributed by atoms with E-state index in [0.29, 0.717) is 25.2 Å². The van der Waals surface area contributed by atoms with Crippen molar-refractivity contribution < 1.29 is 191 Å². The summed E-state index contributed by atoms with van der Waals surface area (Å²) in [4.78, 5) is 38.8. The number of carbonyl (C=O) groups excluding carboxylic acids is 2. The number of carboxylic acids is 4. The van der Waals surface area contributed by atoms with Gasteiger partial charge in [0.1, 0.15) is 12.2 Å². The Balaban J connectivity index is -0.0000000837. The van der Waals surface area contributed by atoms with E-state index in [1.165, 1.54) is 47.9 Å². The average molecular weight is 785 g/mol. The van der Waals surface area contributed by atoms with Crippen LogP contribution < -0.4 is 139 Å². The zero-order valence-corrected chi connectivity index (χ0v) is 37.6. The minimum absolute atomic E-state index is 0. The molecule has 20 heteroatoms. The Kier molecular flexibility index (Phi) is 46.4. The van der Waals surface area contributed by atoms with Gasteiger partial charge in [0, 0.05) is 12.1 Å². The zero-order chi connectivity index (χ0) is 34.8. The number of hydrogen-bond acceptors (Lipinski definition) is 13. The van der Waals surface area contributed by atoms with Gasteiger partial charge in [0.15, 0.2) is 12.2 Å². The molecule has 0 aromatic heterocycles. The summed E-state index contributed by atoms with van der Waals surface area (Å²) in [5, 5.41) is 75.0. The number of benzene rings is 2. The molecule has 0 heterocycles. The molecule has 2 aromatic rings. The van der Waals surface area contributed by atoms with Crippen LogP contribution in [0.2, 0.25) is 0 Å². The first-order valence-corrected chi connectivity index (χ1v) is 13.9. The van der Waals surface area contributed by atoms with Crippen molar-refractivity contribution >= 4 is 23.9 Å². The van der Waals surface area contributed by atoms with Crippen LogP contribution in [0.25, 0.3) is 0 Å². The molecule has 0 saturated carbocycles. The molecule has 0 unspecified atom stereocenters. The van der Waals surface area contributed by atoms with Crippen molar-refractivity contribution in [2.45, 2.75) is 69.6 Å². The Bertz CT molecular complexity index is 1290.